The number of methoxy groups -OCH3 is 1. The highest BCUT2D eigenvalue weighted by Crippen LogP contribution is 2.30. The average molecular weight is 620 g/mol. The van der Waals surface area contributed by atoms with Crippen molar-refractivity contribution >= 4 is 39.1 Å². The summed E-state index contributed by atoms with van der Waals surface area (Å²) >= 11 is 6.31. The van der Waals surface area contributed by atoms with Crippen molar-refractivity contribution in [2.75, 3.05) is 25.0 Å². The number of hydrogen-bond donors (Lipinski definition) is 1. The van der Waals surface area contributed by atoms with Gasteiger partial charge in [-0.05, 0) is 60.0 Å². The van der Waals surface area contributed by atoms with Gasteiger partial charge in [0.05, 0.1) is 17.7 Å². The standard InChI is InChI=1S/C33H34ClN3O5S/c1-24-17-18-27(34)21-30(24)37(43(40,41)29-15-8-5-9-16-29)23-32(38)36(22-26-13-10-14-28(19-26)42-3)31(33(39)35-2)20-25-11-6-4-7-12-25/h4-19,21,31H,20,22-23H2,1-3H3,(H,35,39). The van der Waals surface area contributed by atoms with Crippen LogP contribution in [0.4, 0.5) is 5.69 Å². The maximum absolute atomic E-state index is 14.4. The van der Waals surface area contributed by atoms with Gasteiger partial charge in [-0.15, -0.1) is 0 Å². The Morgan fingerprint density at radius 1 is 0.884 bits per heavy atom. The minimum absolute atomic E-state index is 0.0219. The maximum Gasteiger partial charge on any atom is 0.264 e. The highest BCUT2D eigenvalue weighted by molar-refractivity contribution is 7.92. The lowest BCUT2D eigenvalue weighted by Crippen LogP contribution is -2.53. The summed E-state index contributed by atoms with van der Waals surface area (Å²) in [6.45, 7) is 1.22. The summed E-state index contributed by atoms with van der Waals surface area (Å²) in [7, 11) is -1.15. The number of halogens is 1. The molecule has 10 heteroatoms. The molecule has 8 nitrogen and oxygen atoms in total. The Hall–Kier alpha value is -4.34. The van der Waals surface area contributed by atoms with E-state index < -0.39 is 28.5 Å². The summed E-state index contributed by atoms with van der Waals surface area (Å²) in [4.78, 5) is 29.2. The van der Waals surface area contributed by atoms with Crippen molar-refractivity contribution in [3.63, 3.8) is 0 Å². The zero-order chi connectivity index (χ0) is 31.0. The van der Waals surface area contributed by atoms with E-state index in [9.17, 15) is 18.0 Å². The number of nitrogens with one attached hydrogen (secondary N) is 1. The lowest BCUT2D eigenvalue weighted by Gasteiger charge is -2.34. The molecule has 224 valence electrons. The van der Waals surface area contributed by atoms with Crippen LogP contribution in [0.5, 0.6) is 5.75 Å². The van der Waals surface area contributed by atoms with Crippen LogP contribution in [0.15, 0.2) is 108 Å². The number of carbonyl (C=O) groups excluding carboxylic acids is 2. The molecule has 4 aromatic carbocycles. The van der Waals surface area contributed by atoms with Crippen molar-refractivity contribution in [1.82, 2.24) is 10.2 Å². The summed E-state index contributed by atoms with van der Waals surface area (Å²) in [5.41, 5.74) is 2.44. The summed E-state index contributed by atoms with van der Waals surface area (Å²) < 4.78 is 34.6. The molecule has 4 rings (SSSR count). The van der Waals surface area contributed by atoms with Crippen LogP contribution in [0.3, 0.4) is 0 Å². The summed E-state index contributed by atoms with van der Waals surface area (Å²) in [6, 6.07) is 28.4. The van der Waals surface area contributed by atoms with E-state index in [0.717, 1.165) is 9.87 Å². The van der Waals surface area contributed by atoms with Gasteiger partial charge in [0.15, 0.2) is 0 Å². The predicted octanol–water partition coefficient (Wildman–Crippen LogP) is 5.24. The number of nitrogens with zero attached hydrogens (tertiary/aromatic N) is 2. The zero-order valence-electron chi connectivity index (χ0n) is 24.2. The molecule has 0 bridgehead atoms. The minimum atomic E-state index is -4.21. The molecule has 2 amide bonds. The van der Waals surface area contributed by atoms with Crippen LogP contribution in [0.2, 0.25) is 5.02 Å². The molecular weight excluding hydrogens is 586 g/mol. The van der Waals surface area contributed by atoms with Crippen molar-refractivity contribution in [3.05, 3.63) is 125 Å². The van der Waals surface area contributed by atoms with E-state index in [0.29, 0.717) is 21.9 Å². The number of sulfonamides is 1. The van der Waals surface area contributed by atoms with Gasteiger partial charge < -0.3 is 15.0 Å². The van der Waals surface area contributed by atoms with Crippen molar-refractivity contribution in [2.24, 2.45) is 0 Å². The Labute approximate surface area is 257 Å². The number of likely N-dealkylation sites (N-methyl/N-ethyl adjacent to an activating group) is 1. The molecule has 4 aromatic rings. The maximum atomic E-state index is 14.4. The molecule has 0 spiro atoms. The van der Waals surface area contributed by atoms with E-state index in [-0.39, 0.29) is 29.5 Å². The lowest BCUT2D eigenvalue weighted by molar-refractivity contribution is -0.139. The number of carbonyl (C=O) groups is 2. The van der Waals surface area contributed by atoms with Crippen LogP contribution in [-0.4, -0.2) is 51.9 Å². The Bertz CT molecular complexity index is 1670. The second-order valence-corrected chi connectivity index (χ2v) is 12.2. The second kappa shape index (κ2) is 14.2. The fourth-order valence-corrected chi connectivity index (χ4v) is 6.43. The first-order valence-corrected chi connectivity index (χ1v) is 15.5. The first-order chi connectivity index (χ1) is 20.6. The number of benzene rings is 4. The van der Waals surface area contributed by atoms with Gasteiger partial charge in [-0.25, -0.2) is 8.42 Å². The third-order valence-electron chi connectivity index (χ3n) is 7.05. The fourth-order valence-electron chi connectivity index (χ4n) is 4.77. The lowest BCUT2D eigenvalue weighted by atomic mass is 10.0. The van der Waals surface area contributed by atoms with E-state index >= 15 is 0 Å². The number of rotatable bonds is 12. The molecule has 0 aliphatic heterocycles. The number of ether oxygens (including phenoxy) is 1. The molecule has 0 fully saturated rings. The Balaban J connectivity index is 1.82. The molecule has 0 aliphatic carbocycles. The summed E-state index contributed by atoms with van der Waals surface area (Å²) in [6.07, 6.45) is 0.220. The highest BCUT2D eigenvalue weighted by atomic mass is 35.5. The third-order valence-corrected chi connectivity index (χ3v) is 9.06. The average Bonchev–Trinajstić information content (AvgIpc) is 3.03. The van der Waals surface area contributed by atoms with Gasteiger partial charge in [0.1, 0.15) is 18.3 Å². The third kappa shape index (κ3) is 7.74. The van der Waals surface area contributed by atoms with Crippen LogP contribution < -0.4 is 14.4 Å². The number of aryl methyl sites for hydroxylation is 1. The molecule has 0 saturated heterocycles. The van der Waals surface area contributed by atoms with Gasteiger partial charge in [-0.3, -0.25) is 13.9 Å². The van der Waals surface area contributed by atoms with E-state index in [2.05, 4.69) is 5.32 Å². The van der Waals surface area contributed by atoms with Gasteiger partial charge in [0.25, 0.3) is 10.0 Å². The molecule has 0 radical (unpaired) electrons. The van der Waals surface area contributed by atoms with E-state index in [1.54, 1.807) is 62.6 Å². The van der Waals surface area contributed by atoms with Gasteiger partial charge in [0.2, 0.25) is 11.8 Å². The van der Waals surface area contributed by atoms with E-state index in [1.165, 1.54) is 30.1 Å². The van der Waals surface area contributed by atoms with E-state index in [4.69, 9.17) is 16.3 Å². The van der Waals surface area contributed by atoms with Crippen molar-refractivity contribution in [2.45, 2.75) is 30.8 Å². The largest absolute Gasteiger partial charge is 0.497 e. The molecular formula is C33H34ClN3O5S. The first kappa shape index (κ1) is 31.6. The van der Waals surface area contributed by atoms with Gasteiger partial charge in [-0.2, -0.15) is 0 Å². The highest BCUT2D eigenvalue weighted by Gasteiger charge is 2.34. The molecule has 1 atom stereocenters. The topological polar surface area (TPSA) is 96.0 Å². The smallest absolute Gasteiger partial charge is 0.264 e. The monoisotopic (exact) mass is 619 g/mol. The molecule has 1 unspecified atom stereocenters. The minimum Gasteiger partial charge on any atom is -0.497 e. The normalized spacial score (nSPS) is 11.8. The summed E-state index contributed by atoms with van der Waals surface area (Å²) in [5.74, 6) is -0.352. The Kier molecular flexibility index (Phi) is 10.4. The van der Waals surface area contributed by atoms with Gasteiger partial charge in [0, 0.05) is 25.0 Å². The van der Waals surface area contributed by atoms with Crippen LogP contribution in [0.25, 0.3) is 0 Å². The molecule has 0 heterocycles. The Morgan fingerprint density at radius 3 is 2.19 bits per heavy atom. The zero-order valence-corrected chi connectivity index (χ0v) is 25.8. The van der Waals surface area contributed by atoms with Gasteiger partial charge in [-0.1, -0.05) is 78.3 Å². The quantitative estimate of drug-likeness (QED) is 0.234. The van der Waals surface area contributed by atoms with E-state index in [1.807, 2.05) is 36.4 Å². The number of hydrogen-bond acceptors (Lipinski definition) is 5. The number of anilines is 1. The van der Waals surface area contributed by atoms with Crippen molar-refractivity contribution in [3.8, 4) is 5.75 Å². The Morgan fingerprint density at radius 2 is 1.53 bits per heavy atom. The molecule has 0 aromatic heterocycles. The predicted molar refractivity (Wildman–Crippen MR) is 169 cm³/mol. The van der Waals surface area contributed by atoms with Crippen LogP contribution in [0, 0.1) is 6.92 Å². The fraction of sp³-hybridized carbons (Fsp3) is 0.212. The van der Waals surface area contributed by atoms with Crippen molar-refractivity contribution in [1.29, 1.82) is 0 Å². The SMILES string of the molecule is CNC(=O)C(Cc1ccccc1)N(Cc1cccc(OC)c1)C(=O)CN(c1cc(Cl)ccc1C)S(=O)(=O)c1ccccc1. The molecule has 1 N–H and O–H groups in total. The number of amides is 2. The van der Waals surface area contributed by atoms with Crippen LogP contribution in [0.1, 0.15) is 16.7 Å². The second-order valence-electron chi connectivity index (χ2n) is 9.95. The molecule has 0 saturated carbocycles. The first-order valence-electron chi connectivity index (χ1n) is 13.7. The van der Waals surface area contributed by atoms with Crippen molar-refractivity contribution < 1.29 is 22.7 Å². The summed E-state index contributed by atoms with van der Waals surface area (Å²) in [5, 5.41) is 3.00. The van der Waals surface area contributed by atoms with Crippen LogP contribution >= 0.6 is 11.6 Å². The van der Waals surface area contributed by atoms with Crippen LogP contribution in [-0.2, 0) is 32.6 Å². The molecule has 0 aliphatic rings. The van der Waals surface area contributed by atoms with Gasteiger partial charge >= 0.3 is 0 Å². The molecule has 43 heavy (non-hydrogen) atoms.